The molecule has 0 amide bonds. The number of rotatable bonds is 5. The first-order chi connectivity index (χ1) is 9.16. The summed E-state index contributed by atoms with van der Waals surface area (Å²) in [6.07, 6.45) is 0. The Morgan fingerprint density at radius 3 is 2.63 bits per heavy atom. The van der Waals surface area contributed by atoms with Crippen molar-refractivity contribution < 1.29 is 14.6 Å². The van der Waals surface area contributed by atoms with E-state index in [1.54, 1.807) is 24.3 Å². The Morgan fingerprint density at radius 2 is 1.95 bits per heavy atom. The van der Waals surface area contributed by atoms with Gasteiger partial charge in [0.15, 0.2) is 0 Å². The van der Waals surface area contributed by atoms with E-state index >= 15 is 0 Å². The second kappa shape index (κ2) is 6.54. The number of carboxylic acid groups (broad SMARTS) is 1. The fourth-order valence-corrected chi connectivity index (χ4v) is 2.13. The van der Waals surface area contributed by atoms with Crippen LogP contribution >= 0.6 is 0 Å². The number of hydrogen-bond acceptors (Lipinski definition) is 4. The Morgan fingerprint density at radius 1 is 1.26 bits per heavy atom. The van der Waals surface area contributed by atoms with E-state index in [-0.39, 0.29) is 5.56 Å². The predicted octanol–water partition coefficient (Wildman–Crippen LogP) is 1.01. The maximum Gasteiger partial charge on any atom is 0.339 e. The first-order valence-corrected chi connectivity index (χ1v) is 6.53. The number of nitrogens with zero attached hydrogens (tertiary/aromatic N) is 2. The molecule has 1 aliphatic heterocycles. The van der Waals surface area contributed by atoms with Crippen LogP contribution in [0.1, 0.15) is 10.4 Å². The standard InChI is InChI=1S/C14H20N2O3/c1-15-6-8-16(9-7-15)10-11-19-13-5-3-2-4-12(13)14(17)18/h2-5H,6-11H2,1H3,(H,17,18). The molecule has 0 aliphatic carbocycles. The fraction of sp³-hybridized carbons (Fsp3) is 0.500. The first kappa shape index (κ1) is 13.8. The lowest BCUT2D eigenvalue weighted by Crippen LogP contribution is -2.45. The molecule has 0 radical (unpaired) electrons. The molecule has 1 aliphatic rings. The van der Waals surface area contributed by atoms with Crippen LogP contribution in [0.2, 0.25) is 0 Å². The Bertz CT molecular complexity index is 428. The number of carbonyl (C=O) groups is 1. The molecular weight excluding hydrogens is 244 g/mol. The number of piperazine rings is 1. The molecule has 1 fully saturated rings. The molecule has 0 saturated carbocycles. The van der Waals surface area contributed by atoms with Crippen LogP contribution in [0.15, 0.2) is 24.3 Å². The molecule has 0 unspecified atom stereocenters. The molecular formula is C14H20N2O3. The molecule has 0 aromatic heterocycles. The maximum absolute atomic E-state index is 11.0. The van der Waals surface area contributed by atoms with Gasteiger partial charge in [-0.05, 0) is 19.2 Å². The lowest BCUT2D eigenvalue weighted by atomic mass is 10.2. The Labute approximate surface area is 113 Å². The molecule has 0 spiro atoms. The van der Waals surface area contributed by atoms with Crippen molar-refractivity contribution in [1.82, 2.24) is 9.80 Å². The summed E-state index contributed by atoms with van der Waals surface area (Å²) < 4.78 is 5.59. The van der Waals surface area contributed by atoms with Gasteiger partial charge in [-0.1, -0.05) is 12.1 Å². The lowest BCUT2D eigenvalue weighted by molar-refractivity contribution is 0.0691. The average Bonchev–Trinajstić information content (AvgIpc) is 2.41. The summed E-state index contributed by atoms with van der Waals surface area (Å²) in [5, 5.41) is 9.05. The van der Waals surface area contributed by atoms with Crippen molar-refractivity contribution in [3.8, 4) is 5.75 Å². The third kappa shape index (κ3) is 3.94. The molecule has 1 N–H and O–H groups in total. The molecule has 5 nitrogen and oxygen atoms in total. The number of likely N-dealkylation sites (N-methyl/N-ethyl adjacent to an activating group) is 1. The van der Waals surface area contributed by atoms with E-state index < -0.39 is 5.97 Å². The molecule has 19 heavy (non-hydrogen) atoms. The van der Waals surface area contributed by atoms with Gasteiger partial charge in [0.05, 0.1) is 0 Å². The second-order valence-corrected chi connectivity index (χ2v) is 4.79. The topological polar surface area (TPSA) is 53.0 Å². The van der Waals surface area contributed by atoms with Crippen molar-refractivity contribution in [2.45, 2.75) is 0 Å². The van der Waals surface area contributed by atoms with E-state index in [1.165, 1.54) is 0 Å². The first-order valence-electron chi connectivity index (χ1n) is 6.53. The molecule has 1 saturated heterocycles. The Balaban J connectivity index is 1.81. The van der Waals surface area contributed by atoms with Crippen molar-refractivity contribution >= 4 is 5.97 Å². The SMILES string of the molecule is CN1CCN(CCOc2ccccc2C(=O)O)CC1. The maximum atomic E-state index is 11.0. The molecule has 2 rings (SSSR count). The number of para-hydroxylation sites is 1. The smallest absolute Gasteiger partial charge is 0.339 e. The third-order valence-corrected chi connectivity index (χ3v) is 3.38. The minimum atomic E-state index is -0.949. The van der Waals surface area contributed by atoms with Crippen LogP contribution in [0.4, 0.5) is 0 Å². The van der Waals surface area contributed by atoms with Gasteiger partial charge < -0.3 is 14.7 Å². The molecule has 1 aromatic rings. The molecule has 0 bridgehead atoms. The fourth-order valence-electron chi connectivity index (χ4n) is 2.13. The van der Waals surface area contributed by atoms with Gasteiger partial charge in [-0.25, -0.2) is 4.79 Å². The van der Waals surface area contributed by atoms with Crippen molar-refractivity contribution in [2.75, 3.05) is 46.4 Å². The van der Waals surface area contributed by atoms with E-state index in [4.69, 9.17) is 9.84 Å². The van der Waals surface area contributed by atoms with E-state index in [9.17, 15) is 4.79 Å². The van der Waals surface area contributed by atoms with E-state index in [0.29, 0.717) is 12.4 Å². The summed E-state index contributed by atoms with van der Waals surface area (Å²) in [5.74, 6) is -0.501. The highest BCUT2D eigenvalue weighted by Crippen LogP contribution is 2.17. The second-order valence-electron chi connectivity index (χ2n) is 4.79. The molecule has 1 aromatic carbocycles. The molecule has 5 heteroatoms. The molecule has 1 heterocycles. The van der Waals surface area contributed by atoms with Gasteiger partial charge in [0.25, 0.3) is 0 Å². The van der Waals surface area contributed by atoms with Crippen molar-refractivity contribution in [3.63, 3.8) is 0 Å². The summed E-state index contributed by atoms with van der Waals surface area (Å²) in [6, 6.07) is 6.76. The summed E-state index contributed by atoms with van der Waals surface area (Å²) in [5.41, 5.74) is 0.223. The van der Waals surface area contributed by atoms with Crippen LogP contribution in [-0.4, -0.2) is 67.3 Å². The summed E-state index contributed by atoms with van der Waals surface area (Å²) >= 11 is 0. The third-order valence-electron chi connectivity index (χ3n) is 3.38. The Hall–Kier alpha value is -1.59. The monoisotopic (exact) mass is 264 g/mol. The van der Waals surface area contributed by atoms with Gasteiger partial charge in [0, 0.05) is 32.7 Å². The zero-order valence-electron chi connectivity index (χ0n) is 11.2. The number of benzene rings is 1. The normalized spacial score (nSPS) is 17.3. The largest absolute Gasteiger partial charge is 0.491 e. The van der Waals surface area contributed by atoms with Crippen LogP contribution in [0.5, 0.6) is 5.75 Å². The van der Waals surface area contributed by atoms with Gasteiger partial charge >= 0.3 is 5.97 Å². The van der Waals surface area contributed by atoms with Crippen molar-refractivity contribution in [3.05, 3.63) is 29.8 Å². The van der Waals surface area contributed by atoms with Crippen LogP contribution in [0, 0.1) is 0 Å². The highest BCUT2D eigenvalue weighted by molar-refractivity contribution is 5.90. The molecule has 0 atom stereocenters. The van der Waals surface area contributed by atoms with Gasteiger partial charge in [0.1, 0.15) is 17.9 Å². The average molecular weight is 264 g/mol. The van der Waals surface area contributed by atoms with Crippen LogP contribution < -0.4 is 4.74 Å². The Kier molecular flexibility index (Phi) is 4.76. The zero-order valence-corrected chi connectivity index (χ0v) is 11.2. The van der Waals surface area contributed by atoms with Crippen molar-refractivity contribution in [1.29, 1.82) is 0 Å². The summed E-state index contributed by atoms with van der Waals surface area (Å²) in [7, 11) is 2.12. The number of aromatic carboxylic acids is 1. The van der Waals surface area contributed by atoms with E-state index in [0.717, 1.165) is 32.7 Å². The van der Waals surface area contributed by atoms with Gasteiger partial charge in [-0.15, -0.1) is 0 Å². The van der Waals surface area contributed by atoms with Crippen molar-refractivity contribution in [2.24, 2.45) is 0 Å². The minimum absolute atomic E-state index is 0.223. The van der Waals surface area contributed by atoms with Gasteiger partial charge in [0.2, 0.25) is 0 Å². The summed E-state index contributed by atoms with van der Waals surface area (Å²) in [4.78, 5) is 15.7. The number of hydrogen-bond donors (Lipinski definition) is 1. The van der Waals surface area contributed by atoms with E-state index in [1.807, 2.05) is 0 Å². The van der Waals surface area contributed by atoms with Crippen LogP contribution in [-0.2, 0) is 0 Å². The van der Waals surface area contributed by atoms with Gasteiger partial charge in [-0.2, -0.15) is 0 Å². The highest BCUT2D eigenvalue weighted by atomic mass is 16.5. The lowest BCUT2D eigenvalue weighted by Gasteiger charge is -2.32. The zero-order chi connectivity index (χ0) is 13.7. The van der Waals surface area contributed by atoms with Crippen LogP contribution in [0.25, 0.3) is 0 Å². The molecule has 104 valence electrons. The minimum Gasteiger partial charge on any atom is -0.491 e. The number of carboxylic acids is 1. The quantitative estimate of drug-likeness (QED) is 0.860. The summed E-state index contributed by atoms with van der Waals surface area (Å²) in [6.45, 7) is 5.59. The van der Waals surface area contributed by atoms with Gasteiger partial charge in [-0.3, -0.25) is 4.90 Å². The van der Waals surface area contributed by atoms with E-state index in [2.05, 4.69) is 16.8 Å². The van der Waals surface area contributed by atoms with Crippen LogP contribution in [0.3, 0.4) is 0 Å². The highest BCUT2D eigenvalue weighted by Gasteiger charge is 2.14. The number of ether oxygens (including phenoxy) is 1. The predicted molar refractivity (Wildman–Crippen MR) is 72.8 cm³/mol.